The van der Waals surface area contributed by atoms with Crippen LogP contribution in [0.2, 0.25) is 0 Å². The summed E-state index contributed by atoms with van der Waals surface area (Å²) in [5.74, 6) is 0.0318. The van der Waals surface area contributed by atoms with Gasteiger partial charge in [-0.2, -0.15) is 0 Å². The molecule has 0 atom stereocenters. The standard InChI is InChI=1S/C27H24N2O4S/c1-3-18-9-12-21(13-10-18)29-26(31)22(25(30)28-27(29)34)15-20-11-14-23(24(16-20)32-2)33-17-19-7-5-4-6-8-19/h4-16H,3,17H2,1-2H3,(H,28,30,34)/b22-15+. The molecule has 2 amide bonds. The van der Waals surface area contributed by atoms with E-state index >= 15 is 0 Å². The second-order valence-corrected chi connectivity index (χ2v) is 8.05. The molecule has 7 heteroatoms. The molecule has 0 spiro atoms. The van der Waals surface area contributed by atoms with E-state index in [2.05, 4.69) is 12.2 Å². The van der Waals surface area contributed by atoms with Gasteiger partial charge in [-0.1, -0.05) is 55.5 Å². The molecule has 0 aliphatic carbocycles. The number of carbonyl (C=O) groups is 2. The third-order valence-electron chi connectivity index (χ3n) is 5.44. The fraction of sp³-hybridized carbons (Fsp3) is 0.148. The van der Waals surface area contributed by atoms with Crippen molar-refractivity contribution in [1.29, 1.82) is 0 Å². The highest BCUT2D eigenvalue weighted by Crippen LogP contribution is 2.30. The average molecular weight is 473 g/mol. The van der Waals surface area contributed by atoms with Crippen molar-refractivity contribution in [3.63, 3.8) is 0 Å². The topological polar surface area (TPSA) is 67.9 Å². The molecule has 1 aliphatic heterocycles. The zero-order valence-corrected chi connectivity index (χ0v) is 19.7. The van der Waals surface area contributed by atoms with E-state index in [0.29, 0.717) is 29.4 Å². The van der Waals surface area contributed by atoms with Crippen molar-refractivity contribution in [2.75, 3.05) is 12.0 Å². The van der Waals surface area contributed by atoms with Crippen LogP contribution in [0.15, 0.2) is 78.4 Å². The molecule has 1 N–H and O–H groups in total. The Morgan fingerprint density at radius 1 is 0.941 bits per heavy atom. The summed E-state index contributed by atoms with van der Waals surface area (Å²) in [5.41, 5.74) is 3.37. The summed E-state index contributed by atoms with van der Waals surface area (Å²) in [4.78, 5) is 27.2. The van der Waals surface area contributed by atoms with E-state index in [9.17, 15) is 9.59 Å². The second-order valence-electron chi connectivity index (χ2n) is 7.66. The summed E-state index contributed by atoms with van der Waals surface area (Å²) in [6.45, 7) is 2.45. The van der Waals surface area contributed by atoms with Crippen LogP contribution in [-0.4, -0.2) is 24.0 Å². The number of anilines is 1. The number of ether oxygens (including phenoxy) is 2. The molecule has 1 fully saturated rings. The van der Waals surface area contributed by atoms with E-state index in [-0.39, 0.29) is 10.7 Å². The van der Waals surface area contributed by atoms with Gasteiger partial charge in [0.1, 0.15) is 12.2 Å². The van der Waals surface area contributed by atoms with Crippen LogP contribution in [0.1, 0.15) is 23.6 Å². The van der Waals surface area contributed by atoms with Crippen molar-refractivity contribution in [3.05, 3.63) is 95.1 Å². The van der Waals surface area contributed by atoms with Gasteiger partial charge in [0.05, 0.1) is 12.8 Å². The first-order valence-corrected chi connectivity index (χ1v) is 11.3. The van der Waals surface area contributed by atoms with Crippen molar-refractivity contribution in [1.82, 2.24) is 5.32 Å². The highest BCUT2D eigenvalue weighted by molar-refractivity contribution is 7.80. The minimum absolute atomic E-state index is 0.0202. The van der Waals surface area contributed by atoms with Gasteiger partial charge in [0.15, 0.2) is 16.6 Å². The Balaban J connectivity index is 1.59. The number of nitrogens with zero attached hydrogens (tertiary/aromatic N) is 1. The smallest absolute Gasteiger partial charge is 0.270 e. The second kappa shape index (κ2) is 10.3. The predicted molar refractivity (Wildman–Crippen MR) is 136 cm³/mol. The number of rotatable bonds is 7. The van der Waals surface area contributed by atoms with Gasteiger partial charge in [-0.25, -0.2) is 0 Å². The molecule has 4 rings (SSSR count). The first kappa shape index (κ1) is 23.2. The highest BCUT2D eigenvalue weighted by Gasteiger charge is 2.34. The third-order valence-corrected chi connectivity index (χ3v) is 5.72. The van der Waals surface area contributed by atoms with E-state index in [1.807, 2.05) is 54.6 Å². The summed E-state index contributed by atoms with van der Waals surface area (Å²) < 4.78 is 11.4. The third kappa shape index (κ3) is 5.00. The lowest BCUT2D eigenvalue weighted by Crippen LogP contribution is -2.54. The van der Waals surface area contributed by atoms with E-state index in [0.717, 1.165) is 17.5 Å². The predicted octanol–water partition coefficient (Wildman–Crippen LogP) is 4.67. The molecule has 0 bridgehead atoms. The van der Waals surface area contributed by atoms with Crippen LogP contribution in [0.5, 0.6) is 11.5 Å². The molecular formula is C27H24N2O4S. The maximum Gasteiger partial charge on any atom is 0.270 e. The van der Waals surface area contributed by atoms with Crippen LogP contribution in [0.25, 0.3) is 6.08 Å². The number of benzene rings is 3. The van der Waals surface area contributed by atoms with Gasteiger partial charge in [-0.15, -0.1) is 0 Å². The largest absolute Gasteiger partial charge is 0.493 e. The monoisotopic (exact) mass is 472 g/mol. The molecular weight excluding hydrogens is 448 g/mol. The molecule has 0 aromatic heterocycles. The van der Waals surface area contributed by atoms with Crippen LogP contribution in [-0.2, 0) is 22.6 Å². The van der Waals surface area contributed by atoms with Crippen LogP contribution in [0.4, 0.5) is 5.69 Å². The quantitative estimate of drug-likeness (QED) is 0.308. The molecule has 3 aromatic rings. The Morgan fingerprint density at radius 3 is 2.35 bits per heavy atom. The number of hydrogen-bond acceptors (Lipinski definition) is 5. The zero-order chi connectivity index (χ0) is 24.1. The van der Waals surface area contributed by atoms with Gasteiger partial charge < -0.3 is 9.47 Å². The van der Waals surface area contributed by atoms with Crippen molar-refractivity contribution in [2.45, 2.75) is 20.0 Å². The van der Waals surface area contributed by atoms with Crippen molar-refractivity contribution >= 4 is 40.9 Å². The minimum Gasteiger partial charge on any atom is -0.493 e. The van der Waals surface area contributed by atoms with Gasteiger partial charge in [0, 0.05) is 0 Å². The van der Waals surface area contributed by atoms with E-state index in [1.54, 1.807) is 25.3 Å². The number of hydrogen-bond donors (Lipinski definition) is 1. The summed E-state index contributed by atoms with van der Waals surface area (Å²) in [6.07, 6.45) is 2.41. The molecule has 0 unspecified atom stereocenters. The zero-order valence-electron chi connectivity index (χ0n) is 18.9. The lowest BCUT2D eigenvalue weighted by molar-refractivity contribution is -0.122. The van der Waals surface area contributed by atoms with Gasteiger partial charge in [0.25, 0.3) is 11.8 Å². The molecule has 1 heterocycles. The van der Waals surface area contributed by atoms with Crippen LogP contribution in [0, 0.1) is 0 Å². The fourth-order valence-electron chi connectivity index (χ4n) is 3.57. The summed E-state index contributed by atoms with van der Waals surface area (Å²) in [7, 11) is 1.54. The molecule has 0 saturated carbocycles. The van der Waals surface area contributed by atoms with Crippen molar-refractivity contribution < 1.29 is 19.1 Å². The summed E-state index contributed by atoms with van der Waals surface area (Å²) >= 11 is 5.28. The van der Waals surface area contributed by atoms with Gasteiger partial charge in [0.2, 0.25) is 0 Å². The first-order chi connectivity index (χ1) is 16.5. The molecule has 172 valence electrons. The van der Waals surface area contributed by atoms with E-state index < -0.39 is 11.8 Å². The Hall–Kier alpha value is -3.97. The van der Waals surface area contributed by atoms with Gasteiger partial charge in [-0.3, -0.25) is 19.8 Å². The minimum atomic E-state index is -0.542. The Kier molecular flexibility index (Phi) is 7.04. The van der Waals surface area contributed by atoms with Crippen LogP contribution >= 0.6 is 12.2 Å². The maximum atomic E-state index is 13.2. The highest BCUT2D eigenvalue weighted by atomic mass is 32.1. The Labute approximate surface area is 203 Å². The molecule has 1 saturated heterocycles. The number of carbonyl (C=O) groups excluding carboxylic acids is 2. The van der Waals surface area contributed by atoms with Crippen molar-refractivity contribution in [3.8, 4) is 11.5 Å². The molecule has 34 heavy (non-hydrogen) atoms. The normalized spacial score (nSPS) is 14.8. The average Bonchev–Trinajstić information content (AvgIpc) is 2.86. The van der Waals surface area contributed by atoms with E-state index in [1.165, 1.54) is 11.0 Å². The summed E-state index contributed by atoms with van der Waals surface area (Å²) in [5, 5.41) is 2.66. The molecule has 1 aliphatic rings. The number of amides is 2. The van der Waals surface area contributed by atoms with E-state index in [4.69, 9.17) is 21.7 Å². The molecule has 6 nitrogen and oxygen atoms in total. The number of nitrogens with one attached hydrogen (secondary N) is 1. The van der Waals surface area contributed by atoms with Gasteiger partial charge in [-0.05, 0) is 65.7 Å². The van der Waals surface area contributed by atoms with Crippen LogP contribution < -0.4 is 19.7 Å². The maximum absolute atomic E-state index is 13.2. The van der Waals surface area contributed by atoms with Gasteiger partial charge >= 0.3 is 0 Å². The lowest BCUT2D eigenvalue weighted by Gasteiger charge is -2.29. The van der Waals surface area contributed by atoms with Crippen molar-refractivity contribution in [2.24, 2.45) is 0 Å². The first-order valence-electron chi connectivity index (χ1n) is 10.9. The lowest BCUT2D eigenvalue weighted by atomic mass is 10.1. The van der Waals surface area contributed by atoms with Crippen LogP contribution in [0.3, 0.4) is 0 Å². The SMILES string of the molecule is CCc1ccc(N2C(=O)/C(=C/c3ccc(OCc4ccccc4)c(OC)c3)C(=O)NC2=S)cc1. The Bertz CT molecular complexity index is 1250. The molecule has 0 radical (unpaired) electrons. The summed E-state index contributed by atoms with van der Waals surface area (Å²) in [6, 6.07) is 22.6. The number of thiocarbonyl (C=S) groups is 1. The Morgan fingerprint density at radius 2 is 1.68 bits per heavy atom. The number of methoxy groups -OCH3 is 1. The molecule has 3 aromatic carbocycles. The number of aryl methyl sites for hydroxylation is 1. The fourth-order valence-corrected chi connectivity index (χ4v) is 3.85.